The van der Waals surface area contributed by atoms with E-state index in [0.29, 0.717) is 11.3 Å². The summed E-state index contributed by atoms with van der Waals surface area (Å²) in [6.07, 6.45) is 0. The molecule has 0 aliphatic rings. The molecular weight excluding hydrogens is 223 g/mol. The Morgan fingerprint density at radius 1 is 1.41 bits per heavy atom. The zero-order chi connectivity index (χ0) is 12.6. The van der Waals surface area contributed by atoms with Gasteiger partial charge in [0.25, 0.3) is 0 Å². The number of benzene rings is 1. The maximum atomic E-state index is 13.2. The Morgan fingerprint density at radius 2 is 2.12 bits per heavy atom. The van der Waals surface area contributed by atoms with Crippen LogP contribution in [0.1, 0.15) is 16.1 Å². The lowest BCUT2D eigenvalue weighted by molar-refractivity contribution is 0.0689. The van der Waals surface area contributed by atoms with Crippen molar-refractivity contribution < 1.29 is 14.3 Å². The van der Waals surface area contributed by atoms with Crippen LogP contribution in [0.5, 0.6) is 0 Å². The largest absolute Gasteiger partial charge is 0.476 e. The lowest BCUT2D eigenvalue weighted by Crippen LogP contribution is -1.99. The Labute approximate surface area is 97.3 Å². The fourth-order valence-corrected chi connectivity index (χ4v) is 1.69. The first-order chi connectivity index (χ1) is 7.99. The summed E-state index contributed by atoms with van der Waals surface area (Å²) in [4.78, 5) is 10.8. The van der Waals surface area contributed by atoms with Crippen LogP contribution in [0.4, 0.5) is 4.39 Å². The predicted octanol–water partition coefficient (Wildman–Crippen LogP) is 2.23. The average Bonchev–Trinajstić information content (AvgIpc) is 2.64. The Kier molecular flexibility index (Phi) is 2.67. The van der Waals surface area contributed by atoms with Gasteiger partial charge >= 0.3 is 5.97 Å². The third-order valence-corrected chi connectivity index (χ3v) is 2.57. The molecular formula is C12H11FN2O2. The van der Waals surface area contributed by atoms with Gasteiger partial charge in [-0.25, -0.2) is 9.18 Å². The van der Waals surface area contributed by atoms with Crippen LogP contribution < -0.4 is 0 Å². The number of carboxylic acid groups (broad SMARTS) is 1. The first kappa shape index (κ1) is 11.3. The molecule has 0 amide bonds. The Hall–Kier alpha value is -2.17. The highest BCUT2D eigenvalue weighted by Gasteiger charge is 2.14. The van der Waals surface area contributed by atoms with E-state index < -0.39 is 5.97 Å². The second-order valence-electron chi connectivity index (χ2n) is 3.80. The van der Waals surface area contributed by atoms with Crippen LogP contribution in [0.2, 0.25) is 0 Å². The predicted molar refractivity (Wildman–Crippen MR) is 60.3 cm³/mol. The summed E-state index contributed by atoms with van der Waals surface area (Å²) in [6, 6.07) is 5.83. The molecule has 0 spiro atoms. The highest BCUT2D eigenvalue weighted by molar-refractivity contribution is 5.87. The lowest BCUT2D eigenvalue weighted by Gasteiger charge is -2.05. The van der Waals surface area contributed by atoms with Gasteiger partial charge in [-0.3, -0.25) is 4.68 Å². The van der Waals surface area contributed by atoms with Gasteiger partial charge in [0.2, 0.25) is 0 Å². The van der Waals surface area contributed by atoms with Gasteiger partial charge in [0.1, 0.15) is 5.82 Å². The van der Waals surface area contributed by atoms with Crippen LogP contribution in [0.25, 0.3) is 11.3 Å². The Morgan fingerprint density at radius 3 is 2.71 bits per heavy atom. The zero-order valence-electron chi connectivity index (χ0n) is 9.44. The molecule has 0 saturated heterocycles. The number of hydrogen-bond acceptors (Lipinski definition) is 2. The number of halogens is 1. The van der Waals surface area contributed by atoms with Crippen molar-refractivity contribution in [3.63, 3.8) is 0 Å². The van der Waals surface area contributed by atoms with Gasteiger partial charge in [-0.1, -0.05) is 6.07 Å². The molecule has 1 aromatic carbocycles. The molecule has 0 unspecified atom stereocenters. The number of aryl methyl sites for hydroxylation is 2. The molecule has 2 aromatic rings. The summed E-state index contributed by atoms with van der Waals surface area (Å²) in [5.41, 5.74) is 2.05. The Bertz CT molecular complexity index is 590. The molecule has 2 rings (SSSR count). The number of nitrogens with zero attached hydrogens (tertiary/aromatic N) is 2. The van der Waals surface area contributed by atoms with E-state index >= 15 is 0 Å². The van der Waals surface area contributed by atoms with Crippen molar-refractivity contribution in [3.8, 4) is 11.3 Å². The quantitative estimate of drug-likeness (QED) is 0.866. The van der Waals surface area contributed by atoms with E-state index in [4.69, 9.17) is 5.11 Å². The lowest BCUT2D eigenvalue weighted by atomic mass is 10.1. The SMILES string of the molecule is Cc1ccc(F)cc1-c1cc(C(=O)O)nn1C. The molecule has 0 atom stereocenters. The molecule has 1 heterocycles. The van der Waals surface area contributed by atoms with Gasteiger partial charge in [0, 0.05) is 12.6 Å². The molecule has 0 aliphatic heterocycles. The van der Waals surface area contributed by atoms with Crippen LogP contribution in [0.3, 0.4) is 0 Å². The number of carboxylic acids is 1. The van der Waals surface area contributed by atoms with E-state index in [0.717, 1.165) is 5.56 Å². The van der Waals surface area contributed by atoms with Crippen LogP contribution >= 0.6 is 0 Å². The van der Waals surface area contributed by atoms with Crippen molar-refractivity contribution in [1.29, 1.82) is 0 Å². The first-order valence-electron chi connectivity index (χ1n) is 5.03. The third kappa shape index (κ3) is 2.04. The second kappa shape index (κ2) is 4.01. The van der Waals surface area contributed by atoms with Crippen LogP contribution in [0.15, 0.2) is 24.3 Å². The number of hydrogen-bond donors (Lipinski definition) is 1. The number of carbonyl (C=O) groups is 1. The molecule has 5 heteroatoms. The van der Waals surface area contributed by atoms with Gasteiger partial charge < -0.3 is 5.11 Å². The van der Waals surface area contributed by atoms with Gasteiger partial charge in [-0.2, -0.15) is 5.10 Å². The highest BCUT2D eigenvalue weighted by Crippen LogP contribution is 2.24. The fourth-order valence-electron chi connectivity index (χ4n) is 1.69. The van der Waals surface area contributed by atoms with Crippen molar-refractivity contribution in [1.82, 2.24) is 9.78 Å². The maximum Gasteiger partial charge on any atom is 0.356 e. The van der Waals surface area contributed by atoms with Crippen LogP contribution in [-0.2, 0) is 7.05 Å². The molecule has 0 fully saturated rings. The Balaban J connectivity index is 2.60. The molecule has 17 heavy (non-hydrogen) atoms. The highest BCUT2D eigenvalue weighted by atomic mass is 19.1. The molecule has 0 radical (unpaired) electrons. The van der Waals surface area contributed by atoms with Crippen molar-refractivity contribution in [2.45, 2.75) is 6.92 Å². The smallest absolute Gasteiger partial charge is 0.356 e. The minimum atomic E-state index is -1.10. The minimum absolute atomic E-state index is 0.0499. The third-order valence-electron chi connectivity index (χ3n) is 2.57. The molecule has 1 aromatic heterocycles. The number of aromatic carboxylic acids is 1. The molecule has 88 valence electrons. The van der Waals surface area contributed by atoms with Crippen LogP contribution in [0, 0.1) is 12.7 Å². The van der Waals surface area contributed by atoms with Gasteiger partial charge in [0.05, 0.1) is 5.69 Å². The van der Waals surface area contributed by atoms with Crippen molar-refractivity contribution in [3.05, 3.63) is 41.3 Å². The number of aromatic nitrogens is 2. The standard InChI is InChI=1S/C12H11FN2O2/c1-7-3-4-8(13)5-9(7)11-6-10(12(16)17)14-15(11)2/h3-6H,1-2H3,(H,16,17). The summed E-state index contributed by atoms with van der Waals surface area (Å²) in [6.45, 7) is 1.84. The van der Waals surface area contributed by atoms with Gasteiger partial charge in [-0.15, -0.1) is 0 Å². The van der Waals surface area contributed by atoms with Gasteiger partial charge in [-0.05, 0) is 30.7 Å². The summed E-state index contributed by atoms with van der Waals surface area (Å²) in [7, 11) is 1.63. The van der Waals surface area contributed by atoms with Crippen molar-refractivity contribution in [2.75, 3.05) is 0 Å². The van der Waals surface area contributed by atoms with E-state index in [9.17, 15) is 9.18 Å². The maximum absolute atomic E-state index is 13.2. The summed E-state index contributed by atoms with van der Waals surface area (Å²) >= 11 is 0. The molecule has 0 bridgehead atoms. The van der Waals surface area contributed by atoms with Crippen molar-refractivity contribution >= 4 is 5.97 Å². The average molecular weight is 234 g/mol. The minimum Gasteiger partial charge on any atom is -0.476 e. The second-order valence-corrected chi connectivity index (χ2v) is 3.80. The normalized spacial score (nSPS) is 10.5. The molecule has 4 nitrogen and oxygen atoms in total. The number of rotatable bonds is 2. The van der Waals surface area contributed by atoms with Gasteiger partial charge in [0.15, 0.2) is 5.69 Å². The fraction of sp³-hybridized carbons (Fsp3) is 0.167. The molecule has 0 saturated carbocycles. The first-order valence-corrected chi connectivity index (χ1v) is 5.03. The summed E-state index contributed by atoms with van der Waals surface area (Å²) in [5, 5.41) is 12.7. The van der Waals surface area contributed by atoms with E-state index in [1.807, 2.05) is 6.92 Å². The topological polar surface area (TPSA) is 55.1 Å². The summed E-state index contributed by atoms with van der Waals surface area (Å²) in [5.74, 6) is -1.45. The summed E-state index contributed by atoms with van der Waals surface area (Å²) < 4.78 is 14.6. The zero-order valence-corrected chi connectivity index (χ0v) is 9.44. The van der Waals surface area contributed by atoms with E-state index in [2.05, 4.69) is 5.10 Å². The van der Waals surface area contributed by atoms with E-state index in [1.54, 1.807) is 13.1 Å². The monoisotopic (exact) mass is 234 g/mol. The molecule has 1 N–H and O–H groups in total. The van der Waals surface area contributed by atoms with E-state index in [1.165, 1.54) is 22.9 Å². The molecule has 0 aliphatic carbocycles. The van der Waals surface area contributed by atoms with E-state index in [-0.39, 0.29) is 11.5 Å². The van der Waals surface area contributed by atoms with Crippen molar-refractivity contribution in [2.24, 2.45) is 7.05 Å². The van der Waals surface area contributed by atoms with Crippen LogP contribution in [-0.4, -0.2) is 20.9 Å².